The van der Waals surface area contributed by atoms with E-state index in [9.17, 15) is 0 Å². The average Bonchev–Trinajstić information content (AvgIpc) is 2.49. The zero-order valence-electron chi connectivity index (χ0n) is 10.3. The Balaban J connectivity index is 1.77. The third-order valence-corrected chi connectivity index (χ3v) is 3.38. The van der Waals surface area contributed by atoms with Gasteiger partial charge in [0.25, 0.3) is 0 Å². The lowest BCUT2D eigenvalue weighted by molar-refractivity contribution is 0.0448. The van der Waals surface area contributed by atoms with Crippen LogP contribution in [-0.4, -0.2) is 13.2 Å². The molecular formula is C16H17NO. The van der Waals surface area contributed by atoms with Crippen molar-refractivity contribution in [3.05, 3.63) is 71.8 Å². The molecule has 2 atom stereocenters. The van der Waals surface area contributed by atoms with Gasteiger partial charge in [-0.3, -0.25) is 5.32 Å². The second-order valence-corrected chi connectivity index (χ2v) is 4.63. The Morgan fingerprint density at radius 3 is 1.61 bits per heavy atom. The van der Waals surface area contributed by atoms with E-state index in [2.05, 4.69) is 53.8 Å². The minimum Gasteiger partial charge on any atom is -0.377 e. The summed E-state index contributed by atoms with van der Waals surface area (Å²) in [5.41, 5.74) is 2.58. The molecule has 2 aromatic rings. The summed E-state index contributed by atoms with van der Waals surface area (Å²) in [6.45, 7) is 1.49. The van der Waals surface area contributed by atoms with Gasteiger partial charge in [0.15, 0.2) is 0 Å². The first kappa shape index (κ1) is 11.5. The van der Waals surface area contributed by atoms with Crippen molar-refractivity contribution in [1.82, 2.24) is 5.32 Å². The molecular weight excluding hydrogens is 222 g/mol. The second kappa shape index (κ2) is 5.34. The molecule has 0 amide bonds. The summed E-state index contributed by atoms with van der Waals surface area (Å²) < 4.78 is 5.74. The average molecular weight is 239 g/mol. The van der Waals surface area contributed by atoms with Crippen molar-refractivity contribution >= 4 is 0 Å². The maximum Gasteiger partial charge on any atom is 0.0662 e. The van der Waals surface area contributed by atoms with E-state index in [1.54, 1.807) is 0 Å². The monoisotopic (exact) mass is 239 g/mol. The first-order valence-electron chi connectivity index (χ1n) is 6.37. The van der Waals surface area contributed by atoms with Crippen molar-refractivity contribution in [2.45, 2.75) is 12.1 Å². The summed E-state index contributed by atoms with van der Waals surface area (Å²) in [5.74, 6) is 0. The van der Waals surface area contributed by atoms with Crippen LogP contribution in [0.15, 0.2) is 60.7 Å². The number of ether oxygens (including phenoxy) is 1. The van der Waals surface area contributed by atoms with Gasteiger partial charge in [-0.1, -0.05) is 60.7 Å². The molecule has 0 spiro atoms. The molecule has 3 rings (SSSR count). The molecule has 0 radical (unpaired) electrons. The maximum atomic E-state index is 5.74. The van der Waals surface area contributed by atoms with Gasteiger partial charge in [-0.05, 0) is 11.1 Å². The molecule has 18 heavy (non-hydrogen) atoms. The molecule has 1 heterocycles. The van der Waals surface area contributed by atoms with Crippen LogP contribution in [0, 0.1) is 0 Å². The van der Waals surface area contributed by atoms with Gasteiger partial charge in [0, 0.05) is 0 Å². The maximum absolute atomic E-state index is 5.74. The largest absolute Gasteiger partial charge is 0.377 e. The van der Waals surface area contributed by atoms with Crippen LogP contribution in [0.3, 0.4) is 0 Å². The van der Waals surface area contributed by atoms with E-state index in [1.807, 2.05) is 12.1 Å². The van der Waals surface area contributed by atoms with Crippen LogP contribution in [0.5, 0.6) is 0 Å². The highest BCUT2D eigenvalue weighted by molar-refractivity contribution is 5.23. The normalized spacial score (nSPS) is 23.8. The highest BCUT2D eigenvalue weighted by atomic mass is 16.5. The van der Waals surface area contributed by atoms with Gasteiger partial charge < -0.3 is 4.74 Å². The van der Waals surface area contributed by atoms with E-state index in [0.717, 1.165) is 13.2 Å². The smallest absolute Gasteiger partial charge is 0.0662 e. The van der Waals surface area contributed by atoms with Crippen molar-refractivity contribution < 1.29 is 4.74 Å². The highest BCUT2D eigenvalue weighted by Gasteiger charge is 2.23. The summed E-state index contributed by atoms with van der Waals surface area (Å²) in [6.07, 6.45) is 0. The number of rotatable bonds is 2. The Kier molecular flexibility index (Phi) is 3.40. The van der Waals surface area contributed by atoms with E-state index in [-0.39, 0.29) is 12.1 Å². The van der Waals surface area contributed by atoms with Crippen LogP contribution in [0.2, 0.25) is 0 Å². The van der Waals surface area contributed by atoms with Crippen LogP contribution < -0.4 is 5.32 Å². The van der Waals surface area contributed by atoms with Crippen molar-refractivity contribution in [3.8, 4) is 0 Å². The Bertz CT molecular complexity index is 437. The number of nitrogens with one attached hydrogen (secondary N) is 1. The van der Waals surface area contributed by atoms with Gasteiger partial charge in [-0.25, -0.2) is 0 Å². The Labute approximate surface area is 108 Å². The van der Waals surface area contributed by atoms with Gasteiger partial charge in [-0.2, -0.15) is 0 Å². The summed E-state index contributed by atoms with van der Waals surface area (Å²) in [7, 11) is 0. The molecule has 1 aliphatic heterocycles. The first-order chi connectivity index (χ1) is 8.93. The summed E-state index contributed by atoms with van der Waals surface area (Å²) in [6, 6.07) is 21.5. The van der Waals surface area contributed by atoms with E-state index in [4.69, 9.17) is 4.74 Å². The lowest BCUT2D eigenvalue weighted by atomic mass is 10.0. The molecule has 92 valence electrons. The molecule has 2 aromatic carbocycles. The Morgan fingerprint density at radius 2 is 1.17 bits per heavy atom. The molecule has 1 saturated heterocycles. The van der Waals surface area contributed by atoms with Crippen molar-refractivity contribution in [3.63, 3.8) is 0 Å². The zero-order valence-corrected chi connectivity index (χ0v) is 10.3. The Hall–Kier alpha value is -1.64. The molecule has 1 N–H and O–H groups in total. The third kappa shape index (κ3) is 2.45. The van der Waals surface area contributed by atoms with Crippen LogP contribution in [0.1, 0.15) is 23.2 Å². The van der Waals surface area contributed by atoms with Crippen LogP contribution >= 0.6 is 0 Å². The third-order valence-electron chi connectivity index (χ3n) is 3.38. The Morgan fingerprint density at radius 1 is 0.722 bits per heavy atom. The number of hydrogen-bond acceptors (Lipinski definition) is 2. The molecule has 0 aliphatic carbocycles. The fourth-order valence-electron chi connectivity index (χ4n) is 2.40. The van der Waals surface area contributed by atoms with Crippen LogP contribution in [0.4, 0.5) is 0 Å². The van der Waals surface area contributed by atoms with Crippen molar-refractivity contribution in [2.24, 2.45) is 0 Å². The summed E-state index contributed by atoms with van der Waals surface area (Å²) in [4.78, 5) is 0. The standard InChI is InChI=1S/C16H17NO/c1-3-7-13(8-4-1)15-11-18-12-16(17-15)14-9-5-2-6-10-14/h1-10,15-17H,11-12H2/t15-,16-/m1/s1. The predicted molar refractivity (Wildman–Crippen MR) is 72.3 cm³/mol. The second-order valence-electron chi connectivity index (χ2n) is 4.63. The quantitative estimate of drug-likeness (QED) is 0.869. The van der Waals surface area contributed by atoms with E-state index in [1.165, 1.54) is 11.1 Å². The molecule has 0 saturated carbocycles. The fraction of sp³-hybridized carbons (Fsp3) is 0.250. The molecule has 0 unspecified atom stereocenters. The highest BCUT2D eigenvalue weighted by Crippen LogP contribution is 2.24. The fourth-order valence-corrected chi connectivity index (χ4v) is 2.40. The van der Waals surface area contributed by atoms with E-state index in [0.29, 0.717) is 0 Å². The minimum atomic E-state index is 0.283. The zero-order chi connectivity index (χ0) is 12.2. The lowest BCUT2D eigenvalue weighted by Crippen LogP contribution is -2.37. The van der Waals surface area contributed by atoms with Crippen molar-refractivity contribution in [2.75, 3.05) is 13.2 Å². The van der Waals surface area contributed by atoms with Crippen LogP contribution in [-0.2, 0) is 4.74 Å². The summed E-state index contributed by atoms with van der Waals surface area (Å²) >= 11 is 0. The topological polar surface area (TPSA) is 21.3 Å². The lowest BCUT2D eigenvalue weighted by Gasteiger charge is -2.31. The predicted octanol–water partition coefficient (Wildman–Crippen LogP) is 3.09. The minimum absolute atomic E-state index is 0.283. The molecule has 2 heteroatoms. The van der Waals surface area contributed by atoms with Gasteiger partial charge in [0.05, 0.1) is 25.3 Å². The molecule has 0 aromatic heterocycles. The molecule has 0 bridgehead atoms. The molecule has 1 fully saturated rings. The number of benzene rings is 2. The van der Waals surface area contributed by atoms with Gasteiger partial charge in [0.1, 0.15) is 0 Å². The van der Waals surface area contributed by atoms with Crippen LogP contribution in [0.25, 0.3) is 0 Å². The molecule has 2 nitrogen and oxygen atoms in total. The van der Waals surface area contributed by atoms with Gasteiger partial charge >= 0.3 is 0 Å². The SMILES string of the molecule is c1ccc([C@H]2COC[C@H](c3ccccc3)N2)cc1. The van der Waals surface area contributed by atoms with Gasteiger partial charge in [0.2, 0.25) is 0 Å². The van der Waals surface area contributed by atoms with E-state index < -0.39 is 0 Å². The number of morpholine rings is 1. The first-order valence-corrected chi connectivity index (χ1v) is 6.37. The number of hydrogen-bond donors (Lipinski definition) is 1. The van der Waals surface area contributed by atoms with Crippen molar-refractivity contribution in [1.29, 1.82) is 0 Å². The van der Waals surface area contributed by atoms with E-state index >= 15 is 0 Å². The summed E-state index contributed by atoms with van der Waals surface area (Å²) in [5, 5.41) is 3.66. The molecule has 1 aliphatic rings. The van der Waals surface area contributed by atoms with Gasteiger partial charge in [-0.15, -0.1) is 0 Å².